The number of hydrogen-bond acceptors (Lipinski definition) is 8. The molecule has 4 atom stereocenters. The third kappa shape index (κ3) is 9.73. The Kier molecular flexibility index (Phi) is 12.5. The van der Waals surface area contributed by atoms with Gasteiger partial charge in [0.1, 0.15) is 12.1 Å². The Balaban J connectivity index is 0.00000507. The van der Waals surface area contributed by atoms with Crippen molar-refractivity contribution in [1.29, 1.82) is 0 Å². The second kappa shape index (κ2) is 14.4. The first kappa shape index (κ1) is 32.9. The molecule has 0 aliphatic carbocycles. The number of fused-ring (bicyclic) bond motifs is 1. The van der Waals surface area contributed by atoms with Crippen LogP contribution in [0.1, 0.15) is 46.6 Å². The van der Waals surface area contributed by atoms with Gasteiger partial charge < -0.3 is 33.9 Å². The Labute approximate surface area is 245 Å². The van der Waals surface area contributed by atoms with E-state index in [4.69, 9.17) is 18.7 Å². The Morgan fingerprint density at radius 3 is 2.61 bits per heavy atom. The van der Waals surface area contributed by atoms with Crippen molar-refractivity contribution in [2.75, 3.05) is 19.8 Å². The zero-order valence-corrected chi connectivity index (χ0v) is 25.8. The van der Waals surface area contributed by atoms with Crippen molar-refractivity contribution >= 4 is 30.5 Å². The number of benzene rings is 1. The predicted octanol–water partition coefficient (Wildman–Crippen LogP) is -0.597. The maximum absolute atomic E-state index is 13.3. The molecule has 3 rings (SSSR count). The first-order chi connectivity index (χ1) is 17.4. The van der Waals surface area contributed by atoms with Crippen LogP contribution >= 0.6 is 7.75 Å². The smallest absolute Gasteiger partial charge is 0.766 e. The fraction of sp³-hybridized carbons (Fsp3) is 0.600. The van der Waals surface area contributed by atoms with Gasteiger partial charge in [-0.25, -0.2) is 9.88 Å². The average Bonchev–Trinajstić information content (AvgIpc) is 3.39. The SMILES string of the molecule is CCOC(=O)C(Cc1c[nH]c2ccccc12)NC(=O)[C@H](CC(C)C)NP(=O)([O-])OC[C@@H]1COC(C)(C)O1.[Na+]. The van der Waals surface area contributed by atoms with Gasteiger partial charge in [-0.2, -0.15) is 0 Å². The summed E-state index contributed by atoms with van der Waals surface area (Å²) in [5.74, 6) is -2.09. The number of amides is 1. The van der Waals surface area contributed by atoms with E-state index in [-0.39, 0.29) is 68.1 Å². The zero-order valence-electron chi connectivity index (χ0n) is 22.9. The quantitative estimate of drug-likeness (QED) is 0.166. The average molecular weight is 562 g/mol. The Morgan fingerprint density at radius 1 is 1.26 bits per heavy atom. The molecule has 0 saturated carbocycles. The number of esters is 1. The summed E-state index contributed by atoms with van der Waals surface area (Å²) in [4.78, 5) is 41.8. The number of H-pyrrole nitrogens is 1. The number of para-hydroxylation sites is 1. The second-order valence-electron chi connectivity index (χ2n) is 9.93. The van der Waals surface area contributed by atoms with Gasteiger partial charge in [-0.3, -0.25) is 9.36 Å². The van der Waals surface area contributed by atoms with Crippen LogP contribution in [0.25, 0.3) is 10.9 Å². The van der Waals surface area contributed by atoms with E-state index in [2.05, 4.69) is 15.4 Å². The van der Waals surface area contributed by atoms with Crippen LogP contribution in [0.5, 0.6) is 0 Å². The topological polar surface area (TPSA) is 151 Å². The molecule has 2 heterocycles. The second-order valence-corrected chi connectivity index (χ2v) is 11.4. The molecule has 1 aromatic heterocycles. The molecule has 13 heteroatoms. The molecular formula is C25H37N3NaO8P. The molecule has 38 heavy (non-hydrogen) atoms. The minimum atomic E-state index is -4.64. The molecule has 0 radical (unpaired) electrons. The number of carbonyl (C=O) groups is 2. The summed E-state index contributed by atoms with van der Waals surface area (Å²) in [7, 11) is -4.64. The van der Waals surface area contributed by atoms with Gasteiger partial charge in [0.05, 0.1) is 25.9 Å². The van der Waals surface area contributed by atoms with Gasteiger partial charge in [0.15, 0.2) is 5.79 Å². The number of ether oxygens (including phenoxy) is 3. The van der Waals surface area contributed by atoms with E-state index in [9.17, 15) is 19.0 Å². The molecule has 1 aromatic carbocycles. The monoisotopic (exact) mass is 561 g/mol. The summed E-state index contributed by atoms with van der Waals surface area (Å²) >= 11 is 0. The summed E-state index contributed by atoms with van der Waals surface area (Å²) < 4.78 is 34.0. The largest absolute Gasteiger partial charge is 1.00 e. The van der Waals surface area contributed by atoms with Crippen LogP contribution in [0.4, 0.5) is 0 Å². The summed E-state index contributed by atoms with van der Waals surface area (Å²) in [5.41, 5.74) is 1.72. The van der Waals surface area contributed by atoms with Crippen molar-refractivity contribution < 1.29 is 67.3 Å². The van der Waals surface area contributed by atoms with Crippen LogP contribution < -0.4 is 44.9 Å². The first-order valence-electron chi connectivity index (χ1n) is 12.5. The van der Waals surface area contributed by atoms with Gasteiger partial charge >= 0.3 is 35.5 Å². The molecule has 1 aliphatic rings. The number of nitrogens with one attached hydrogen (secondary N) is 3. The van der Waals surface area contributed by atoms with E-state index < -0.39 is 43.6 Å². The van der Waals surface area contributed by atoms with E-state index in [0.29, 0.717) is 0 Å². The molecule has 1 aliphatic heterocycles. The summed E-state index contributed by atoms with van der Waals surface area (Å²) in [6.07, 6.45) is 1.59. The zero-order chi connectivity index (χ0) is 27.2. The molecule has 1 fully saturated rings. The van der Waals surface area contributed by atoms with E-state index in [1.54, 1.807) is 27.0 Å². The molecule has 11 nitrogen and oxygen atoms in total. The third-order valence-electron chi connectivity index (χ3n) is 5.82. The Bertz CT molecular complexity index is 1120. The molecule has 3 N–H and O–H groups in total. The predicted molar refractivity (Wildman–Crippen MR) is 135 cm³/mol. The van der Waals surface area contributed by atoms with Crippen LogP contribution in [0.2, 0.25) is 0 Å². The van der Waals surface area contributed by atoms with Crippen molar-refractivity contribution in [3.63, 3.8) is 0 Å². The summed E-state index contributed by atoms with van der Waals surface area (Å²) in [6.45, 7) is 8.93. The van der Waals surface area contributed by atoms with E-state index >= 15 is 0 Å². The fourth-order valence-electron chi connectivity index (χ4n) is 4.17. The molecular weight excluding hydrogens is 524 g/mol. The maximum Gasteiger partial charge on any atom is 1.00 e. The summed E-state index contributed by atoms with van der Waals surface area (Å²) in [6, 6.07) is 5.44. The van der Waals surface area contributed by atoms with Gasteiger partial charge in [0.25, 0.3) is 0 Å². The molecule has 206 valence electrons. The van der Waals surface area contributed by atoms with Crippen LogP contribution in [0.3, 0.4) is 0 Å². The molecule has 2 unspecified atom stereocenters. The van der Waals surface area contributed by atoms with E-state index in [0.717, 1.165) is 16.5 Å². The maximum atomic E-state index is 13.3. The number of aromatic amines is 1. The Morgan fingerprint density at radius 2 is 1.97 bits per heavy atom. The van der Waals surface area contributed by atoms with Gasteiger partial charge in [-0.15, -0.1) is 0 Å². The molecule has 0 bridgehead atoms. The van der Waals surface area contributed by atoms with Crippen LogP contribution in [0.15, 0.2) is 30.5 Å². The normalized spacial score (nSPS) is 19.9. The molecule has 1 amide bonds. The third-order valence-corrected chi connectivity index (χ3v) is 6.94. The minimum absolute atomic E-state index is 0. The summed E-state index contributed by atoms with van der Waals surface area (Å²) in [5, 5.41) is 5.95. The van der Waals surface area contributed by atoms with Gasteiger partial charge in [0, 0.05) is 23.5 Å². The van der Waals surface area contributed by atoms with Crippen molar-refractivity contribution in [2.45, 2.75) is 71.4 Å². The van der Waals surface area contributed by atoms with E-state index in [1.165, 1.54) is 0 Å². The Hall–Kier alpha value is -1.27. The van der Waals surface area contributed by atoms with Crippen molar-refractivity contribution in [3.8, 4) is 0 Å². The van der Waals surface area contributed by atoms with Crippen molar-refractivity contribution in [1.82, 2.24) is 15.4 Å². The van der Waals surface area contributed by atoms with Gasteiger partial charge in [0.2, 0.25) is 13.7 Å². The molecule has 2 aromatic rings. The van der Waals surface area contributed by atoms with Crippen LogP contribution in [-0.4, -0.2) is 60.7 Å². The van der Waals surface area contributed by atoms with Gasteiger partial charge in [-0.05, 0) is 44.7 Å². The standard InChI is InChI=1S/C25H38N3O8P.Na/c1-6-33-24(30)22(12-17-13-26-20-10-8-7-9-19(17)20)27-23(29)21(11-16(2)3)28-37(31,32)35-15-18-14-34-25(4,5)36-18;/h7-10,13,16,18,21-22,26H,6,11-12,14-15H2,1-5H3,(H,27,29)(H2,28,31,32);/q;+1/p-1/t18-,21-,22?;/m0./s1. The van der Waals surface area contributed by atoms with Gasteiger partial charge in [-0.1, -0.05) is 32.0 Å². The van der Waals surface area contributed by atoms with Crippen LogP contribution in [0, 0.1) is 5.92 Å². The minimum Gasteiger partial charge on any atom is -0.766 e. The first-order valence-corrected chi connectivity index (χ1v) is 14.0. The van der Waals surface area contributed by atoms with E-state index in [1.807, 2.05) is 38.1 Å². The van der Waals surface area contributed by atoms with Crippen LogP contribution in [-0.2, 0) is 39.3 Å². The number of rotatable bonds is 13. The number of carbonyl (C=O) groups excluding carboxylic acids is 2. The number of hydrogen-bond donors (Lipinski definition) is 3. The van der Waals surface area contributed by atoms with Crippen molar-refractivity contribution in [3.05, 3.63) is 36.0 Å². The molecule has 0 spiro atoms. The fourth-order valence-corrected chi connectivity index (χ4v) is 5.21. The molecule has 1 saturated heterocycles. The number of aromatic nitrogens is 1. The van der Waals surface area contributed by atoms with Crippen molar-refractivity contribution in [2.24, 2.45) is 5.92 Å².